The predicted molar refractivity (Wildman–Crippen MR) is 31.4 cm³/mol. The SMILES string of the molecule is O=C([O-])c1ccc(=O)[nH]c1.[Na+]. The van der Waals surface area contributed by atoms with Crippen LogP contribution in [-0.4, -0.2) is 11.0 Å². The summed E-state index contributed by atoms with van der Waals surface area (Å²) in [5, 5.41) is 10.1. The van der Waals surface area contributed by atoms with Crippen LogP contribution in [0.15, 0.2) is 23.1 Å². The number of aromatic amines is 1. The molecule has 4 nitrogen and oxygen atoms in total. The zero-order valence-corrected chi connectivity index (χ0v) is 7.96. The molecule has 0 aliphatic heterocycles. The van der Waals surface area contributed by atoms with Crippen molar-refractivity contribution < 1.29 is 39.5 Å². The number of rotatable bonds is 1. The fraction of sp³-hybridized carbons (Fsp3) is 0. The molecule has 0 aliphatic rings. The van der Waals surface area contributed by atoms with Gasteiger partial charge in [-0.15, -0.1) is 0 Å². The Hall–Kier alpha value is -0.580. The molecule has 11 heavy (non-hydrogen) atoms. The van der Waals surface area contributed by atoms with Crippen LogP contribution in [0, 0.1) is 0 Å². The second-order valence-corrected chi connectivity index (χ2v) is 1.73. The standard InChI is InChI=1S/C6H5NO3.Na/c8-5-2-1-4(3-7-5)6(9)10;/h1-3H,(H,7,8)(H,9,10);/q;+1/p-1. The van der Waals surface area contributed by atoms with Gasteiger partial charge in [0.05, 0.1) is 5.97 Å². The van der Waals surface area contributed by atoms with Crippen LogP contribution in [0.3, 0.4) is 0 Å². The topological polar surface area (TPSA) is 73.0 Å². The summed E-state index contributed by atoms with van der Waals surface area (Å²) in [5.74, 6) is -1.30. The minimum Gasteiger partial charge on any atom is -0.545 e. The third kappa shape index (κ3) is 2.88. The van der Waals surface area contributed by atoms with Crippen LogP contribution in [0.1, 0.15) is 10.4 Å². The first-order valence-corrected chi connectivity index (χ1v) is 2.60. The van der Waals surface area contributed by atoms with Crippen LogP contribution in [0.25, 0.3) is 0 Å². The van der Waals surface area contributed by atoms with Crippen LogP contribution in [0.2, 0.25) is 0 Å². The van der Waals surface area contributed by atoms with E-state index in [4.69, 9.17) is 0 Å². The number of carbonyl (C=O) groups excluding carboxylic acids is 1. The fourth-order valence-electron chi connectivity index (χ4n) is 0.538. The maximum absolute atomic E-state index is 10.4. The first-order valence-electron chi connectivity index (χ1n) is 2.60. The number of H-pyrrole nitrogens is 1. The van der Waals surface area contributed by atoms with Gasteiger partial charge in [0, 0.05) is 17.8 Å². The zero-order chi connectivity index (χ0) is 7.56. The molecular formula is C6H4NNaO3. The molecule has 0 amide bonds. The van der Waals surface area contributed by atoms with Gasteiger partial charge < -0.3 is 14.9 Å². The normalized spacial score (nSPS) is 8.36. The van der Waals surface area contributed by atoms with Crippen molar-refractivity contribution in [3.63, 3.8) is 0 Å². The van der Waals surface area contributed by atoms with E-state index in [1.54, 1.807) is 0 Å². The van der Waals surface area contributed by atoms with Gasteiger partial charge in [-0.05, 0) is 6.07 Å². The summed E-state index contributed by atoms with van der Waals surface area (Å²) < 4.78 is 0. The molecule has 0 radical (unpaired) electrons. The predicted octanol–water partition coefficient (Wildman–Crippen LogP) is -4.26. The third-order valence-electron chi connectivity index (χ3n) is 1.02. The molecule has 1 N–H and O–H groups in total. The van der Waals surface area contributed by atoms with Crippen molar-refractivity contribution in [3.05, 3.63) is 34.2 Å². The van der Waals surface area contributed by atoms with Gasteiger partial charge in [0.1, 0.15) is 0 Å². The van der Waals surface area contributed by atoms with Crippen molar-refractivity contribution in [2.45, 2.75) is 0 Å². The van der Waals surface area contributed by atoms with E-state index >= 15 is 0 Å². The maximum Gasteiger partial charge on any atom is 1.00 e. The Morgan fingerprint density at radius 2 is 2.09 bits per heavy atom. The van der Waals surface area contributed by atoms with E-state index in [2.05, 4.69) is 4.98 Å². The second kappa shape index (κ2) is 4.33. The average molecular weight is 161 g/mol. The Morgan fingerprint density at radius 1 is 1.45 bits per heavy atom. The molecule has 1 aromatic heterocycles. The van der Waals surface area contributed by atoms with Gasteiger partial charge in [-0.1, -0.05) is 0 Å². The van der Waals surface area contributed by atoms with E-state index in [0.29, 0.717) is 0 Å². The Balaban J connectivity index is 0.000001000. The summed E-state index contributed by atoms with van der Waals surface area (Å²) in [6, 6.07) is 2.32. The molecule has 0 saturated carbocycles. The zero-order valence-electron chi connectivity index (χ0n) is 5.96. The molecule has 0 spiro atoms. The maximum atomic E-state index is 10.4. The Morgan fingerprint density at radius 3 is 2.45 bits per heavy atom. The molecule has 0 bridgehead atoms. The minimum absolute atomic E-state index is 0. The summed E-state index contributed by atoms with van der Waals surface area (Å²) in [6.07, 6.45) is 1.09. The van der Waals surface area contributed by atoms with E-state index < -0.39 is 5.97 Å². The van der Waals surface area contributed by atoms with Gasteiger partial charge in [-0.2, -0.15) is 0 Å². The smallest absolute Gasteiger partial charge is 0.545 e. The van der Waals surface area contributed by atoms with Crippen molar-refractivity contribution in [2.24, 2.45) is 0 Å². The van der Waals surface area contributed by atoms with Crippen LogP contribution in [0.4, 0.5) is 0 Å². The van der Waals surface area contributed by atoms with E-state index in [1.807, 2.05) is 0 Å². The summed E-state index contributed by atoms with van der Waals surface area (Å²) in [4.78, 5) is 22.7. The summed E-state index contributed by atoms with van der Waals surface area (Å²) in [6.45, 7) is 0. The van der Waals surface area contributed by atoms with Crippen LogP contribution >= 0.6 is 0 Å². The van der Waals surface area contributed by atoms with Gasteiger partial charge in [0.2, 0.25) is 5.56 Å². The van der Waals surface area contributed by atoms with Crippen molar-refractivity contribution in [2.75, 3.05) is 0 Å². The summed E-state index contributed by atoms with van der Waals surface area (Å²) >= 11 is 0. The van der Waals surface area contributed by atoms with Gasteiger partial charge in [0.15, 0.2) is 0 Å². The number of aromatic nitrogens is 1. The van der Waals surface area contributed by atoms with Crippen LogP contribution in [0.5, 0.6) is 0 Å². The monoisotopic (exact) mass is 161 g/mol. The summed E-state index contributed by atoms with van der Waals surface area (Å²) in [5.41, 5.74) is -0.357. The number of carboxylic acids is 1. The van der Waals surface area contributed by atoms with E-state index in [9.17, 15) is 14.7 Å². The van der Waals surface area contributed by atoms with E-state index in [-0.39, 0.29) is 40.7 Å². The van der Waals surface area contributed by atoms with Crippen molar-refractivity contribution >= 4 is 5.97 Å². The molecule has 0 fully saturated rings. The van der Waals surface area contributed by atoms with Crippen molar-refractivity contribution in [1.82, 2.24) is 4.98 Å². The Kier molecular flexibility index (Phi) is 4.10. The minimum atomic E-state index is -1.30. The quantitative estimate of drug-likeness (QED) is 0.424. The molecule has 5 heteroatoms. The Bertz CT molecular complexity index is 286. The number of nitrogens with one attached hydrogen (secondary N) is 1. The van der Waals surface area contributed by atoms with Gasteiger partial charge in [0.25, 0.3) is 0 Å². The number of carbonyl (C=O) groups is 1. The van der Waals surface area contributed by atoms with Crippen molar-refractivity contribution in [3.8, 4) is 0 Å². The largest absolute Gasteiger partial charge is 1.00 e. The molecule has 0 atom stereocenters. The molecule has 0 aromatic carbocycles. The fourth-order valence-corrected chi connectivity index (χ4v) is 0.538. The van der Waals surface area contributed by atoms with Crippen LogP contribution < -0.4 is 40.2 Å². The molecule has 52 valence electrons. The van der Waals surface area contributed by atoms with Gasteiger partial charge >= 0.3 is 29.6 Å². The van der Waals surface area contributed by atoms with Gasteiger partial charge in [-0.25, -0.2) is 0 Å². The molecule has 0 aliphatic carbocycles. The van der Waals surface area contributed by atoms with Crippen molar-refractivity contribution in [1.29, 1.82) is 0 Å². The van der Waals surface area contributed by atoms with E-state index in [1.165, 1.54) is 6.07 Å². The molecule has 0 saturated heterocycles. The third-order valence-corrected chi connectivity index (χ3v) is 1.02. The number of hydrogen-bond donors (Lipinski definition) is 1. The number of carboxylic acid groups (broad SMARTS) is 1. The molecule has 1 heterocycles. The number of aromatic carboxylic acids is 1. The molecule has 0 unspecified atom stereocenters. The average Bonchev–Trinajstić information content (AvgIpc) is 1.88. The first kappa shape index (κ1) is 10.4. The van der Waals surface area contributed by atoms with E-state index in [0.717, 1.165) is 12.3 Å². The summed E-state index contributed by atoms with van der Waals surface area (Å²) in [7, 11) is 0. The second-order valence-electron chi connectivity index (χ2n) is 1.73. The van der Waals surface area contributed by atoms with Gasteiger partial charge in [-0.3, -0.25) is 4.79 Å². The molecule has 1 aromatic rings. The number of hydrogen-bond acceptors (Lipinski definition) is 3. The number of pyridine rings is 1. The molecular weight excluding hydrogens is 157 g/mol. The Labute approximate surface area is 84.5 Å². The molecule has 1 rings (SSSR count). The van der Waals surface area contributed by atoms with Crippen LogP contribution in [-0.2, 0) is 0 Å². The first-order chi connectivity index (χ1) is 4.70.